The van der Waals surface area contributed by atoms with Gasteiger partial charge in [0.15, 0.2) is 0 Å². The van der Waals surface area contributed by atoms with Crippen molar-refractivity contribution >= 4 is 27.7 Å². The first-order valence-electron chi connectivity index (χ1n) is 11.0. The number of fused-ring (bicyclic) bond motifs is 3. The Morgan fingerprint density at radius 3 is 2.16 bits per heavy atom. The van der Waals surface area contributed by atoms with E-state index in [4.69, 9.17) is 4.98 Å². The van der Waals surface area contributed by atoms with Crippen molar-refractivity contribution in [3.8, 4) is 0 Å². The molecule has 0 aliphatic carbocycles. The van der Waals surface area contributed by atoms with Crippen LogP contribution < -0.4 is 5.32 Å². The van der Waals surface area contributed by atoms with Crippen LogP contribution in [0.1, 0.15) is 27.3 Å². The molecule has 5 rings (SSSR count). The topological polar surface area (TPSA) is 57.8 Å². The van der Waals surface area contributed by atoms with E-state index >= 15 is 0 Å². The number of aromatic amines is 1. The molecule has 0 fully saturated rings. The second kappa shape index (κ2) is 9.06. The molecule has 0 bridgehead atoms. The van der Waals surface area contributed by atoms with Crippen molar-refractivity contribution in [3.63, 3.8) is 0 Å². The largest absolute Gasteiger partial charge is 0.353 e. The maximum absolute atomic E-state index is 13.0. The third-order valence-corrected chi connectivity index (χ3v) is 5.84. The number of aryl methyl sites for hydroxylation is 2. The fraction of sp³-hybridized carbons (Fsp3) is 0.143. The number of nitrogens with zero attached hydrogens (tertiary/aromatic N) is 1. The normalized spacial score (nSPS) is 11.1. The number of pyridine rings is 1. The summed E-state index contributed by atoms with van der Waals surface area (Å²) in [5.41, 5.74) is 5.94. The van der Waals surface area contributed by atoms with Gasteiger partial charge in [0.2, 0.25) is 0 Å². The van der Waals surface area contributed by atoms with Crippen LogP contribution in [-0.2, 0) is 19.3 Å². The van der Waals surface area contributed by atoms with E-state index in [0.717, 1.165) is 46.8 Å². The van der Waals surface area contributed by atoms with Gasteiger partial charge in [0, 0.05) is 22.8 Å². The highest BCUT2D eigenvalue weighted by Gasteiger charge is 2.15. The Bertz CT molecular complexity index is 1360. The second-order valence-corrected chi connectivity index (χ2v) is 8.02. The number of nitrogens with one attached hydrogen (secondary N) is 2. The van der Waals surface area contributed by atoms with E-state index in [1.807, 2.05) is 42.5 Å². The number of para-hydroxylation sites is 1. The van der Waals surface area contributed by atoms with E-state index in [-0.39, 0.29) is 5.91 Å². The Morgan fingerprint density at radius 2 is 1.41 bits per heavy atom. The van der Waals surface area contributed by atoms with Crippen LogP contribution >= 0.6 is 0 Å². The van der Waals surface area contributed by atoms with Crippen LogP contribution in [0, 0.1) is 0 Å². The van der Waals surface area contributed by atoms with Gasteiger partial charge in [-0.15, -0.1) is 0 Å². The maximum atomic E-state index is 13.0. The Labute approximate surface area is 187 Å². The van der Waals surface area contributed by atoms with E-state index in [1.165, 1.54) is 11.1 Å². The third kappa shape index (κ3) is 4.26. The highest BCUT2D eigenvalue weighted by atomic mass is 16.1. The zero-order valence-corrected chi connectivity index (χ0v) is 17.8. The van der Waals surface area contributed by atoms with Gasteiger partial charge in [-0.3, -0.25) is 4.79 Å². The molecule has 0 unspecified atom stereocenters. The Hall–Kier alpha value is -3.92. The van der Waals surface area contributed by atoms with Crippen molar-refractivity contribution in [2.45, 2.75) is 19.3 Å². The third-order valence-electron chi connectivity index (χ3n) is 5.84. The average Bonchev–Trinajstić information content (AvgIpc) is 3.22. The number of carbonyl (C=O) groups excluding carboxylic acids is 1. The molecule has 32 heavy (non-hydrogen) atoms. The first-order chi connectivity index (χ1) is 15.8. The van der Waals surface area contributed by atoms with Gasteiger partial charge < -0.3 is 10.3 Å². The highest BCUT2D eigenvalue weighted by molar-refractivity contribution is 6.10. The highest BCUT2D eigenvalue weighted by Crippen LogP contribution is 2.28. The average molecular weight is 420 g/mol. The van der Waals surface area contributed by atoms with Crippen LogP contribution in [0.15, 0.2) is 91.0 Å². The van der Waals surface area contributed by atoms with Crippen molar-refractivity contribution < 1.29 is 4.79 Å². The van der Waals surface area contributed by atoms with Crippen molar-refractivity contribution in [2.24, 2.45) is 0 Å². The minimum atomic E-state index is -0.130. The number of H-pyrrole nitrogens is 1. The molecule has 4 nitrogen and oxygen atoms in total. The van der Waals surface area contributed by atoms with E-state index in [2.05, 4.69) is 58.8 Å². The van der Waals surface area contributed by atoms with Gasteiger partial charge in [-0.25, -0.2) is 4.98 Å². The fourth-order valence-electron chi connectivity index (χ4n) is 4.17. The summed E-state index contributed by atoms with van der Waals surface area (Å²) >= 11 is 0. The van der Waals surface area contributed by atoms with Gasteiger partial charge in [0.05, 0.1) is 11.2 Å². The predicted molar refractivity (Wildman–Crippen MR) is 130 cm³/mol. The van der Waals surface area contributed by atoms with Crippen molar-refractivity contribution in [2.75, 3.05) is 6.54 Å². The molecule has 0 radical (unpaired) electrons. The number of aromatic nitrogens is 2. The van der Waals surface area contributed by atoms with Gasteiger partial charge in [-0.2, -0.15) is 0 Å². The summed E-state index contributed by atoms with van der Waals surface area (Å²) in [5, 5.41) is 5.20. The monoisotopic (exact) mass is 419 g/mol. The molecule has 0 atom stereocenters. The maximum Gasteiger partial charge on any atom is 0.269 e. The van der Waals surface area contributed by atoms with E-state index < -0.39 is 0 Å². The number of benzene rings is 3. The van der Waals surface area contributed by atoms with Crippen LogP contribution in [0.3, 0.4) is 0 Å². The fourth-order valence-corrected chi connectivity index (χ4v) is 4.17. The quantitative estimate of drug-likeness (QED) is 0.367. The number of rotatable bonds is 7. The second-order valence-electron chi connectivity index (χ2n) is 8.02. The molecule has 2 N–H and O–H groups in total. The summed E-state index contributed by atoms with van der Waals surface area (Å²) in [6.07, 6.45) is 2.43. The summed E-state index contributed by atoms with van der Waals surface area (Å²) in [5.74, 6) is -0.130. The molecular formula is C28H25N3O. The lowest BCUT2D eigenvalue weighted by Crippen LogP contribution is -2.26. The Balaban J connectivity index is 1.43. The van der Waals surface area contributed by atoms with Gasteiger partial charge in [-0.05, 0) is 42.5 Å². The molecule has 0 aliphatic heterocycles. The standard InChI is InChI=1S/C28H25N3O/c32-28(29-18-17-21-11-5-2-6-12-21)26-19-23-22-13-7-8-14-24(22)31-27(23)25(30-26)16-15-20-9-3-1-4-10-20/h1-14,19,31H,15-18H2,(H,29,32). The molecule has 0 spiro atoms. The Morgan fingerprint density at radius 1 is 0.750 bits per heavy atom. The summed E-state index contributed by atoms with van der Waals surface area (Å²) in [4.78, 5) is 21.3. The molecule has 1 amide bonds. The van der Waals surface area contributed by atoms with E-state index in [0.29, 0.717) is 12.2 Å². The van der Waals surface area contributed by atoms with Gasteiger partial charge in [0.1, 0.15) is 5.69 Å². The van der Waals surface area contributed by atoms with Crippen LogP contribution in [0.25, 0.3) is 21.8 Å². The van der Waals surface area contributed by atoms with Gasteiger partial charge in [-0.1, -0.05) is 78.9 Å². The Kier molecular flexibility index (Phi) is 5.67. The van der Waals surface area contributed by atoms with Crippen LogP contribution in [0.4, 0.5) is 0 Å². The lowest BCUT2D eigenvalue weighted by Gasteiger charge is -2.09. The predicted octanol–water partition coefficient (Wildman–Crippen LogP) is 5.47. The molecule has 0 aliphatic rings. The summed E-state index contributed by atoms with van der Waals surface area (Å²) < 4.78 is 0. The van der Waals surface area contributed by atoms with Gasteiger partial charge in [0.25, 0.3) is 5.91 Å². The van der Waals surface area contributed by atoms with E-state index in [1.54, 1.807) is 0 Å². The van der Waals surface area contributed by atoms with Crippen molar-refractivity contribution in [1.82, 2.24) is 15.3 Å². The molecule has 2 aromatic heterocycles. The first-order valence-corrected chi connectivity index (χ1v) is 11.0. The molecule has 4 heteroatoms. The zero-order chi connectivity index (χ0) is 21.8. The minimum absolute atomic E-state index is 0.130. The summed E-state index contributed by atoms with van der Waals surface area (Å²) in [7, 11) is 0. The molecule has 158 valence electrons. The van der Waals surface area contributed by atoms with Crippen LogP contribution in [-0.4, -0.2) is 22.4 Å². The zero-order valence-electron chi connectivity index (χ0n) is 17.8. The summed E-state index contributed by atoms with van der Waals surface area (Å²) in [6, 6.07) is 30.7. The molecule has 0 saturated heterocycles. The number of hydrogen-bond donors (Lipinski definition) is 2. The molecule has 3 aromatic carbocycles. The lowest BCUT2D eigenvalue weighted by molar-refractivity contribution is 0.0949. The molecule has 2 heterocycles. The minimum Gasteiger partial charge on any atom is -0.353 e. The molecule has 5 aromatic rings. The number of amides is 1. The van der Waals surface area contributed by atoms with Crippen molar-refractivity contribution in [1.29, 1.82) is 0 Å². The van der Waals surface area contributed by atoms with E-state index in [9.17, 15) is 4.79 Å². The molecule has 0 saturated carbocycles. The van der Waals surface area contributed by atoms with Crippen molar-refractivity contribution in [3.05, 3.63) is 114 Å². The smallest absolute Gasteiger partial charge is 0.269 e. The number of hydrogen-bond acceptors (Lipinski definition) is 2. The first kappa shape index (κ1) is 20.0. The van der Waals surface area contributed by atoms with Crippen LogP contribution in [0.2, 0.25) is 0 Å². The number of carbonyl (C=O) groups is 1. The summed E-state index contributed by atoms with van der Waals surface area (Å²) in [6.45, 7) is 0.579. The lowest BCUT2D eigenvalue weighted by atomic mass is 10.1. The SMILES string of the molecule is O=C(NCCc1ccccc1)c1cc2c([nH]c3ccccc32)c(CCc2ccccc2)n1. The van der Waals surface area contributed by atoms with Gasteiger partial charge >= 0.3 is 0 Å². The van der Waals surface area contributed by atoms with Crippen LogP contribution in [0.5, 0.6) is 0 Å². The molecular weight excluding hydrogens is 394 g/mol.